The van der Waals surface area contributed by atoms with Gasteiger partial charge in [0.25, 0.3) is 0 Å². The number of aromatic nitrogens is 2. The van der Waals surface area contributed by atoms with Crippen LogP contribution in [0.2, 0.25) is 0 Å². The maximum absolute atomic E-state index is 16.4. The average Bonchev–Trinajstić information content (AvgIpc) is 1.66. The van der Waals surface area contributed by atoms with Crippen LogP contribution in [0.1, 0.15) is 121 Å². The zero-order valence-electron chi connectivity index (χ0n) is 70.2. The van der Waals surface area contributed by atoms with Gasteiger partial charge >= 0.3 is 11.9 Å². The van der Waals surface area contributed by atoms with Crippen LogP contribution in [-0.2, 0) is 47.4 Å². The summed E-state index contributed by atoms with van der Waals surface area (Å²) < 4.78 is 105. The number of carboxylic acid groups (broad SMARTS) is 1. The van der Waals surface area contributed by atoms with Gasteiger partial charge in [-0.3, -0.25) is 9.59 Å². The number of nitrogens with zero attached hydrogens (tertiary/aromatic N) is 4. The highest BCUT2D eigenvalue weighted by Gasteiger charge is 2.54. The largest absolute Gasteiger partial charge is 0.492 e. The first-order valence-electron chi connectivity index (χ1n) is 41.9. The van der Waals surface area contributed by atoms with Crippen LogP contribution in [0.25, 0.3) is 21.8 Å². The predicted octanol–water partition coefficient (Wildman–Crippen LogP) is -6.94. The average molecular weight is 1750 g/mol. The molecule has 692 valence electrons. The molecule has 4 aliphatic carbocycles. The number of rotatable bonds is 23. The van der Waals surface area contributed by atoms with Gasteiger partial charge in [0, 0.05) is 123 Å². The van der Waals surface area contributed by atoms with Crippen molar-refractivity contribution in [1.82, 2.24) is 19.8 Å². The predicted molar refractivity (Wildman–Crippen MR) is 437 cm³/mol. The fraction of sp³-hybridized carbons (Fsp3) is 0.747. The molecule has 6 saturated heterocycles. The van der Waals surface area contributed by atoms with Gasteiger partial charge in [-0.2, -0.15) is 0 Å². The molecule has 10 fully saturated rings. The summed E-state index contributed by atoms with van der Waals surface area (Å²) in [5.74, 6) is -2.90. The molecule has 30 atom stereocenters. The molecule has 2 aromatic carbocycles. The Kier molecular flexibility index (Phi) is 31.2. The molecule has 44 heteroatoms. The van der Waals surface area contributed by atoms with E-state index >= 15 is 8.78 Å². The van der Waals surface area contributed by atoms with Crippen molar-refractivity contribution in [2.45, 2.75) is 288 Å². The quantitative estimate of drug-likeness (QED) is 0.0186. The summed E-state index contributed by atoms with van der Waals surface area (Å²) in [5, 5.41) is 111. The Morgan fingerprint density at radius 1 is 0.504 bits per heavy atom. The molecule has 0 spiro atoms. The molecule has 32 N–H and O–H groups in total. The van der Waals surface area contributed by atoms with Gasteiger partial charge in [0.2, 0.25) is 10.9 Å². The number of carbonyl (C=O) groups is 2. The van der Waals surface area contributed by atoms with Crippen molar-refractivity contribution in [3.8, 4) is 11.5 Å². The van der Waals surface area contributed by atoms with E-state index in [1.54, 1.807) is 20.8 Å². The first-order chi connectivity index (χ1) is 58.3. The fourth-order valence-electron chi connectivity index (χ4n) is 18.2. The molecule has 42 nitrogen and oxygen atoms in total. The maximum atomic E-state index is 16.4. The van der Waals surface area contributed by atoms with E-state index in [-0.39, 0.29) is 107 Å². The van der Waals surface area contributed by atoms with E-state index in [1.807, 2.05) is 32.8 Å². The standard InChI is InChI=1S/C40H63FN8O13.C21H26FN3O4.C18H37N5O9/c1-15-12-48(8-7-47-15)30-27(41)16(2)25-29(37(30)56-4)49(18-5-6-18)17(3)26(32(25)52)38(55)58-14-57-13-24-31(51)28(46)33(53)40(60-24)62-36-20(44)9-19(43)35(34(36)54)61-39-21(45)10-22(50)23(11-42)59-39;1-10-9-24(8-7-23-10)18-16(22)11(2)14-17(20(18)29-4)25(13-5-6-13)12(3)15(19(14)26)21(27)28;19-3-9-8(25)2-7(22)17(29-9)31-15-5(20)1-6(21)16(14(15)28)32-18-13(27)11(23)12(26)10(4-24)30-18/h15,18-24,28,31,33-36,39-40,47,50-51,53-54H,5-14,42-46H2,1-4H3;10,13,23H,5-9H2,1-4H3,(H,27,28);5-18,24-28H,1-4,19-23H2/t15?,19-,20+,21+,22-,23+,24+,28-,31+,33+,34-,35?,36-,39+,40+;;5-,6+,7+,8-,9+,10+,11-,12+,13+,14-,15?,16-,17+,18+/m0.0/s1. The molecule has 4 saturated carbocycles. The van der Waals surface area contributed by atoms with E-state index in [2.05, 4.69) is 10.6 Å². The normalized spacial score (nSPS) is 36.9. The first kappa shape index (κ1) is 95.8. The van der Waals surface area contributed by atoms with Crippen molar-refractivity contribution in [1.29, 1.82) is 0 Å². The minimum Gasteiger partial charge on any atom is -0.492 e. The van der Waals surface area contributed by atoms with Crippen LogP contribution < -0.4 is 98.1 Å². The molecule has 0 radical (unpaired) electrons. The van der Waals surface area contributed by atoms with Crippen molar-refractivity contribution in [2.75, 3.05) is 96.4 Å². The number of carbonyl (C=O) groups excluding carboxylic acids is 1. The number of aryl methyl sites for hydroxylation is 2. The number of hydrogen-bond acceptors (Lipinski definition) is 39. The van der Waals surface area contributed by atoms with Crippen LogP contribution in [0.15, 0.2) is 9.59 Å². The molecule has 0 bridgehead atoms. The van der Waals surface area contributed by atoms with Gasteiger partial charge in [0.05, 0.1) is 97.8 Å². The fourth-order valence-corrected chi connectivity index (χ4v) is 18.2. The van der Waals surface area contributed by atoms with Gasteiger partial charge in [-0.25, -0.2) is 18.4 Å². The summed E-state index contributed by atoms with van der Waals surface area (Å²) in [6.07, 6.45) is -19.6. The zero-order valence-corrected chi connectivity index (χ0v) is 70.2. The molecule has 0 amide bonds. The third-order valence-electron chi connectivity index (χ3n) is 25.2. The zero-order chi connectivity index (χ0) is 89.7. The van der Waals surface area contributed by atoms with Gasteiger partial charge in [-0.15, -0.1) is 0 Å². The Labute approximate surface area is 707 Å². The van der Waals surface area contributed by atoms with E-state index in [1.165, 1.54) is 21.1 Å². The lowest BCUT2D eigenvalue weighted by molar-refractivity contribution is -0.316. The highest BCUT2D eigenvalue weighted by atomic mass is 19.1. The number of nitrogens with one attached hydrogen (secondary N) is 2. The second-order valence-corrected chi connectivity index (χ2v) is 34.1. The SMILES string of the molecule is COc1c(N2CCNC(C)C2)c(F)c(C)c2c(=O)c(C(=O)O)c(C)n(C3CC3)c12.COc1c(N2CCNC(C)C2)c(F)c(C)c2c(=O)c(C(=O)OCOC[C@H]3O[C@H](O[C@H]4[C@H](N)C[C@H](N)C(O[C@H]5O[C@H](CN)[C@@H](O)C[C@H]5N)[C@@H]4O)[C@H](O)[C@@H](N)[C@@H]3O)c(C)n(C3CC3)c12.NC[C@H]1O[C@H](OC2[C@@H](N)C[C@@H](N)[C@H](O[C@H]3O[C@H](CO)[C@@H](O)[C@H](N)[C@H]3O)[C@H]2O)[C@H](N)C[C@@H]1O. The summed E-state index contributed by atoms with van der Waals surface area (Å²) in [5.41, 5.74) is 61.1. The number of halogens is 2. The van der Waals surface area contributed by atoms with E-state index in [0.717, 1.165) is 25.7 Å². The van der Waals surface area contributed by atoms with Crippen LogP contribution >= 0.6 is 0 Å². The van der Waals surface area contributed by atoms with Gasteiger partial charge < -0.3 is 195 Å². The number of pyridine rings is 2. The number of carboxylic acids is 1. The Morgan fingerprint density at radius 2 is 0.870 bits per heavy atom. The number of aromatic carboxylic acids is 1. The third kappa shape index (κ3) is 19.5. The van der Waals surface area contributed by atoms with Gasteiger partial charge in [0.1, 0.15) is 95.7 Å². The number of anilines is 2. The molecule has 10 aliphatic rings. The Bertz CT molecular complexity index is 4490. The summed E-state index contributed by atoms with van der Waals surface area (Å²) in [6, 6.07) is -6.69. The second-order valence-electron chi connectivity index (χ2n) is 34.1. The van der Waals surface area contributed by atoms with Crippen LogP contribution in [0.5, 0.6) is 11.5 Å². The van der Waals surface area contributed by atoms with Crippen LogP contribution in [0.4, 0.5) is 20.2 Å². The van der Waals surface area contributed by atoms with E-state index in [9.17, 15) is 70.2 Å². The number of fused-ring (bicyclic) bond motifs is 2. The third-order valence-corrected chi connectivity index (χ3v) is 25.2. The number of aliphatic hydroxyl groups excluding tert-OH is 9. The first-order valence-corrected chi connectivity index (χ1v) is 41.9. The van der Waals surface area contributed by atoms with E-state index < -0.39 is 226 Å². The van der Waals surface area contributed by atoms with Crippen molar-refractivity contribution in [3.05, 3.63) is 65.7 Å². The molecule has 4 aromatic rings. The number of methoxy groups -OCH3 is 2. The van der Waals surface area contributed by atoms with Gasteiger partial charge in [-0.1, -0.05) is 0 Å². The van der Waals surface area contributed by atoms with E-state index in [0.29, 0.717) is 73.1 Å². The monoisotopic (exact) mass is 1750 g/mol. The molecule has 14 rings (SSSR count). The number of benzene rings is 2. The number of ether oxygens (including phenoxy) is 12. The topological polar surface area (TPSA) is 682 Å². The summed E-state index contributed by atoms with van der Waals surface area (Å²) in [4.78, 5) is 56.8. The number of aliphatic hydroxyl groups is 9. The lowest BCUT2D eigenvalue weighted by Crippen LogP contribution is -2.68. The minimum absolute atomic E-state index is 0.00149. The van der Waals surface area contributed by atoms with Crippen molar-refractivity contribution >= 4 is 45.1 Å². The smallest absolute Gasteiger partial charge is 0.346 e. The summed E-state index contributed by atoms with van der Waals surface area (Å²) >= 11 is 0. The molecular formula is C79H126F2N16O26. The summed E-state index contributed by atoms with van der Waals surface area (Å²) in [7, 11) is 2.91. The van der Waals surface area contributed by atoms with Crippen molar-refractivity contribution < 1.29 is 126 Å². The van der Waals surface area contributed by atoms with Crippen molar-refractivity contribution in [2.24, 2.45) is 57.3 Å². The van der Waals surface area contributed by atoms with Crippen LogP contribution in [0, 0.1) is 39.3 Å². The highest BCUT2D eigenvalue weighted by Crippen LogP contribution is 2.49. The van der Waals surface area contributed by atoms with E-state index in [4.69, 9.17) is 114 Å². The number of hydrogen-bond donors (Lipinski definition) is 22. The number of piperazine rings is 2. The summed E-state index contributed by atoms with van der Waals surface area (Å²) in [6.45, 7) is 12.4. The molecule has 4 unspecified atom stereocenters. The lowest BCUT2D eigenvalue weighted by atomic mass is 9.84. The molecule has 2 aromatic heterocycles. The molecule has 8 heterocycles. The van der Waals surface area contributed by atoms with Gasteiger partial charge in [0.15, 0.2) is 55.1 Å². The van der Waals surface area contributed by atoms with Crippen LogP contribution in [-0.4, -0.2) is 342 Å². The Balaban J connectivity index is 0.000000189. The molecule has 123 heavy (non-hydrogen) atoms. The Hall–Kier alpha value is -6.34. The van der Waals surface area contributed by atoms with Crippen molar-refractivity contribution in [3.63, 3.8) is 0 Å². The minimum atomic E-state index is -1.59. The second kappa shape index (κ2) is 40.1. The van der Waals surface area contributed by atoms with Crippen LogP contribution in [0.3, 0.4) is 0 Å². The maximum Gasteiger partial charge on any atom is 0.346 e. The molecule has 6 aliphatic heterocycles. The lowest BCUT2D eigenvalue weighted by Gasteiger charge is -2.48. The molecular weight excluding hydrogens is 1630 g/mol. The highest BCUT2D eigenvalue weighted by molar-refractivity contribution is 6.01. The number of esters is 1. The van der Waals surface area contributed by atoms with Gasteiger partial charge in [-0.05, 0) is 92.9 Å². The Morgan fingerprint density at radius 3 is 1.24 bits per heavy atom. The number of nitrogens with two attached hydrogens (primary N) is 10.